The molecule has 4 heteroatoms. The second-order valence-electron chi connectivity index (χ2n) is 4.62. The van der Waals surface area contributed by atoms with Crippen LogP contribution in [0.2, 0.25) is 0 Å². The van der Waals surface area contributed by atoms with Gasteiger partial charge in [0.1, 0.15) is 0 Å². The summed E-state index contributed by atoms with van der Waals surface area (Å²) in [5, 5.41) is 17.7. The molecule has 0 aliphatic rings. The average Bonchev–Trinajstić information content (AvgIpc) is 2.55. The molecule has 0 aromatic carbocycles. The van der Waals surface area contributed by atoms with Crippen LogP contribution in [-0.4, -0.2) is 34.1 Å². The number of aryl methyl sites for hydroxylation is 2. The highest BCUT2D eigenvalue weighted by atomic mass is 16.3. The Kier molecular flexibility index (Phi) is 4.50. The zero-order chi connectivity index (χ0) is 12.2. The molecule has 0 saturated heterocycles. The van der Waals surface area contributed by atoms with Gasteiger partial charge in [0.05, 0.1) is 11.3 Å². The van der Waals surface area contributed by atoms with Crippen LogP contribution in [0.25, 0.3) is 0 Å². The number of nitrogens with zero attached hydrogens (tertiary/aromatic N) is 2. The second kappa shape index (κ2) is 5.46. The molecule has 1 atom stereocenters. The van der Waals surface area contributed by atoms with Crippen molar-refractivity contribution in [2.24, 2.45) is 0 Å². The highest BCUT2D eigenvalue weighted by Gasteiger charge is 2.22. The Labute approximate surface area is 97.7 Å². The maximum Gasteiger partial charge on any atom is 0.0686 e. The van der Waals surface area contributed by atoms with Crippen molar-refractivity contribution < 1.29 is 5.11 Å². The minimum absolute atomic E-state index is 0.656. The largest absolute Gasteiger partial charge is 0.390 e. The molecule has 0 aliphatic carbocycles. The van der Waals surface area contributed by atoms with E-state index < -0.39 is 5.60 Å². The monoisotopic (exact) mass is 225 g/mol. The van der Waals surface area contributed by atoms with Crippen molar-refractivity contribution in [2.45, 2.75) is 45.8 Å². The van der Waals surface area contributed by atoms with Gasteiger partial charge in [-0.2, -0.15) is 5.10 Å². The van der Waals surface area contributed by atoms with Gasteiger partial charge < -0.3 is 10.4 Å². The first-order valence-electron chi connectivity index (χ1n) is 5.89. The highest BCUT2D eigenvalue weighted by Crippen LogP contribution is 2.17. The summed E-state index contributed by atoms with van der Waals surface area (Å²) < 4.78 is 1.96. The predicted molar refractivity (Wildman–Crippen MR) is 65.5 cm³/mol. The van der Waals surface area contributed by atoms with E-state index in [1.807, 2.05) is 25.6 Å². The van der Waals surface area contributed by atoms with E-state index in [0.717, 1.165) is 30.9 Å². The molecule has 92 valence electrons. The molecule has 1 unspecified atom stereocenters. The van der Waals surface area contributed by atoms with E-state index >= 15 is 0 Å². The number of aromatic nitrogens is 2. The third-order valence-electron chi connectivity index (χ3n) is 2.76. The van der Waals surface area contributed by atoms with E-state index in [1.54, 1.807) is 0 Å². The van der Waals surface area contributed by atoms with Crippen LogP contribution in [0, 0.1) is 6.92 Å². The summed E-state index contributed by atoms with van der Waals surface area (Å²) in [7, 11) is 1.90. The minimum Gasteiger partial charge on any atom is -0.390 e. The third kappa shape index (κ3) is 3.61. The quantitative estimate of drug-likeness (QED) is 0.762. The average molecular weight is 225 g/mol. The van der Waals surface area contributed by atoms with E-state index in [0.29, 0.717) is 6.42 Å². The Balaban J connectivity index is 2.70. The first-order chi connectivity index (χ1) is 7.48. The van der Waals surface area contributed by atoms with Gasteiger partial charge in [0.15, 0.2) is 0 Å². The lowest BCUT2D eigenvalue weighted by Crippen LogP contribution is -2.32. The fraction of sp³-hybridized carbons (Fsp3) is 0.750. The molecule has 2 N–H and O–H groups in total. The molecule has 16 heavy (non-hydrogen) atoms. The van der Waals surface area contributed by atoms with Gasteiger partial charge in [-0.25, -0.2) is 0 Å². The van der Waals surface area contributed by atoms with Gasteiger partial charge in [-0.1, -0.05) is 0 Å². The number of rotatable bonds is 6. The standard InChI is InChI=1S/C12H23N3O/c1-5-15-11(8-10(2)14-15)9-12(3,16)6-7-13-4/h8,13,16H,5-7,9H2,1-4H3. The number of nitrogens with one attached hydrogen (secondary N) is 1. The van der Waals surface area contributed by atoms with Crippen LogP contribution in [0.4, 0.5) is 0 Å². The molecule has 1 aromatic heterocycles. The normalized spacial score (nSPS) is 15.1. The first kappa shape index (κ1) is 13.2. The summed E-state index contributed by atoms with van der Waals surface area (Å²) in [4.78, 5) is 0. The lowest BCUT2D eigenvalue weighted by Gasteiger charge is -2.23. The maximum absolute atomic E-state index is 10.2. The molecule has 0 fully saturated rings. The van der Waals surface area contributed by atoms with Crippen molar-refractivity contribution in [3.05, 3.63) is 17.5 Å². The minimum atomic E-state index is -0.664. The van der Waals surface area contributed by atoms with E-state index in [9.17, 15) is 5.11 Å². The molecule has 0 saturated carbocycles. The summed E-state index contributed by atoms with van der Waals surface area (Å²) in [5.74, 6) is 0. The van der Waals surface area contributed by atoms with E-state index in [1.165, 1.54) is 0 Å². The van der Waals surface area contributed by atoms with Gasteiger partial charge in [0.25, 0.3) is 0 Å². The van der Waals surface area contributed by atoms with Gasteiger partial charge in [-0.3, -0.25) is 4.68 Å². The summed E-state index contributed by atoms with van der Waals surface area (Å²) in [5.41, 5.74) is 1.46. The van der Waals surface area contributed by atoms with Crippen LogP contribution in [0.15, 0.2) is 6.07 Å². The molecular formula is C12H23N3O. The van der Waals surface area contributed by atoms with Gasteiger partial charge in [-0.05, 0) is 46.9 Å². The fourth-order valence-electron chi connectivity index (χ4n) is 1.89. The van der Waals surface area contributed by atoms with Crippen LogP contribution >= 0.6 is 0 Å². The molecular weight excluding hydrogens is 202 g/mol. The summed E-state index contributed by atoms with van der Waals surface area (Å²) >= 11 is 0. The van der Waals surface area contributed by atoms with Crippen LogP contribution in [-0.2, 0) is 13.0 Å². The van der Waals surface area contributed by atoms with Crippen molar-refractivity contribution in [3.8, 4) is 0 Å². The SMILES string of the molecule is CCn1nc(C)cc1CC(C)(O)CCNC. The van der Waals surface area contributed by atoms with Crippen LogP contribution in [0.5, 0.6) is 0 Å². The molecule has 1 heterocycles. The highest BCUT2D eigenvalue weighted by molar-refractivity contribution is 5.11. The van der Waals surface area contributed by atoms with Crippen molar-refractivity contribution in [3.63, 3.8) is 0 Å². The number of hydrogen-bond donors (Lipinski definition) is 2. The maximum atomic E-state index is 10.2. The van der Waals surface area contributed by atoms with E-state index in [-0.39, 0.29) is 0 Å². The van der Waals surface area contributed by atoms with Crippen molar-refractivity contribution >= 4 is 0 Å². The Hall–Kier alpha value is -0.870. The van der Waals surface area contributed by atoms with Crippen molar-refractivity contribution in [2.75, 3.05) is 13.6 Å². The molecule has 1 aromatic rings. The van der Waals surface area contributed by atoms with Crippen molar-refractivity contribution in [1.29, 1.82) is 0 Å². The molecule has 0 spiro atoms. The number of hydrogen-bond acceptors (Lipinski definition) is 3. The molecule has 0 radical (unpaired) electrons. The molecule has 0 aliphatic heterocycles. The molecule has 4 nitrogen and oxygen atoms in total. The summed E-state index contributed by atoms with van der Waals surface area (Å²) in [6, 6.07) is 2.05. The lowest BCUT2D eigenvalue weighted by molar-refractivity contribution is 0.0500. The van der Waals surface area contributed by atoms with E-state index in [4.69, 9.17) is 0 Å². The second-order valence-corrected chi connectivity index (χ2v) is 4.62. The zero-order valence-corrected chi connectivity index (χ0v) is 10.7. The topological polar surface area (TPSA) is 50.1 Å². The Morgan fingerprint density at radius 2 is 2.25 bits per heavy atom. The summed E-state index contributed by atoms with van der Waals surface area (Å²) in [6.07, 6.45) is 1.40. The summed E-state index contributed by atoms with van der Waals surface area (Å²) in [6.45, 7) is 7.61. The number of aliphatic hydroxyl groups is 1. The Morgan fingerprint density at radius 1 is 1.56 bits per heavy atom. The molecule has 0 amide bonds. The third-order valence-corrected chi connectivity index (χ3v) is 2.76. The molecule has 0 bridgehead atoms. The Morgan fingerprint density at radius 3 is 2.81 bits per heavy atom. The molecule has 1 rings (SSSR count). The van der Waals surface area contributed by atoms with Crippen molar-refractivity contribution in [1.82, 2.24) is 15.1 Å². The van der Waals surface area contributed by atoms with Crippen LogP contribution in [0.3, 0.4) is 0 Å². The Bertz CT molecular complexity index is 331. The van der Waals surface area contributed by atoms with Crippen LogP contribution in [0.1, 0.15) is 31.7 Å². The van der Waals surface area contributed by atoms with Gasteiger partial charge in [0, 0.05) is 18.7 Å². The van der Waals surface area contributed by atoms with Gasteiger partial charge in [-0.15, -0.1) is 0 Å². The zero-order valence-electron chi connectivity index (χ0n) is 10.7. The van der Waals surface area contributed by atoms with Gasteiger partial charge >= 0.3 is 0 Å². The smallest absolute Gasteiger partial charge is 0.0686 e. The van der Waals surface area contributed by atoms with Gasteiger partial charge in [0.2, 0.25) is 0 Å². The predicted octanol–water partition coefficient (Wildman–Crippen LogP) is 1.11. The lowest BCUT2D eigenvalue weighted by atomic mass is 9.96. The van der Waals surface area contributed by atoms with Crippen LogP contribution < -0.4 is 5.32 Å². The fourth-order valence-corrected chi connectivity index (χ4v) is 1.89. The first-order valence-corrected chi connectivity index (χ1v) is 5.89. The van der Waals surface area contributed by atoms with E-state index in [2.05, 4.69) is 23.4 Å².